The van der Waals surface area contributed by atoms with Gasteiger partial charge < -0.3 is 23.7 Å². The number of epoxide rings is 1. The van der Waals surface area contributed by atoms with Crippen LogP contribution < -0.4 is 0 Å². The van der Waals surface area contributed by atoms with E-state index in [-0.39, 0.29) is 37.0 Å². The Morgan fingerprint density at radius 2 is 1.84 bits per heavy atom. The Balaban J connectivity index is 1.50. The summed E-state index contributed by atoms with van der Waals surface area (Å²) in [6.45, 7) is 0.497. The topological polar surface area (TPSA) is 49.5 Å². The minimum absolute atomic E-state index is 0.000716. The average Bonchev–Trinajstić information content (AvgIpc) is 3.27. The first-order valence-corrected chi connectivity index (χ1v) is 6.52. The molecule has 0 radical (unpaired) electrons. The zero-order chi connectivity index (χ0) is 12.8. The smallest absolute Gasteiger partial charge is 0.186 e. The SMILES string of the molecule is CO[C@H]1O[C@H]2CO[C@H](c3ccccc3)O[C@@H]2[C@@H]2O[C@@H]12. The van der Waals surface area contributed by atoms with Gasteiger partial charge in [0.1, 0.15) is 24.4 Å². The second-order valence-electron chi connectivity index (χ2n) is 5.02. The van der Waals surface area contributed by atoms with E-state index in [1.807, 2.05) is 30.3 Å². The van der Waals surface area contributed by atoms with Crippen molar-refractivity contribution in [1.29, 1.82) is 0 Å². The summed E-state index contributed by atoms with van der Waals surface area (Å²) < 4.78 is 28.4. The highest BCUT2D eigenvalue weighted by atomic mass is 16.8. The van der Waals surface area contributed by atoms with Crippen LogP contribution >= 0.6 is 0 Å². The summed E-state index contributed by atoms with van der Waals surface area (Å²) in [7, 11) is 1.63. The fourth-order valence-corrected chi connectivity index (χ4v) is 2.80. The van der Waals surface area contributed by atoms with Gasteiger partial charge in [-0.2, -0.15) is 0 Å². The van der Waals surface area contributed by atoms with Gasteiger partial charge in [0.2, 0.25) is 0 Å². The molecule has 5 heteroatoms. The van der Waals surface area contributed by atoms with Crippen molar-refractivity contribution in [1.82, 2.24) is 0 Å². The minimum atomic E-state index is -0.338. The number of hydrogen-bond donors (Lipinski definition) is 0. The summed E-state index contributed by atoms with van der Waals surface area (Å²) >= 11 is 0. The van der Waals surface area contributed by atoms with E-state index in [1.54, 1.807) is 7.11 Å². The Morgan fingerprint density at radius 3 is 2.63 bits per heavy atom. The standard InChI is InChI=1S/C14H16O5/c1-15-14-12-11(18-12)10-9(17-14)7-16-13(19-10)8-5-3-2-4-6-8/h2-6,9-14H,7H2,1H3/t9-,10-,11-,12+,13-,14-/m0/s1. The zero-order valence-corrected chi connectivity index (χ0v) is 10.6. The molecule has 3 aliphatic heterocycles. The molecule has 102 valence electrons. The van der Waals surface area contributed by atoms with E-state index in [9.17, 15) is 0 Å². The Hall–Kier alpha value is -0.980. The van der Waals surface area contributed by atoms with Gasteiger partial charge in [-0.15, -0.1) is 0 Å². The molecule has 0 spiro atoms. The molecule has 3 saturated heterocycles. The number of fused-ring (bicyclic) bond motifs is 3. The highest BCUT2D eigenvalue weighted by Gasteiger charge is 2.60. The van der Waals surface area contributed by atoms with Crippen LogP contribution in [0.3, 0.4) is 0 Å². The molecule has 5 nitrogen and oxygen atoms in total. The van der Waals surface area contributed by atoms with Crippen molar-refractivity contribution in [3.05, 3.63) is 35.9 Å². The van der Waals surface area contributed by atoms with Crippen molar-refractivity contribution in [2.24, 2.45) is 0 Å². The third-order valence-corrected chi connectivity index (χ3v) is 3.83. The second-order valence-corrected chi connectivity index (χ2v) is 5.02. The molecule has 0 N–H and O–H groups in total. The molecule has 3 fully saturated rings. The van der Waals surface area contributed by atoms with Crippen LogP contribution in [0.2, 0.25) is 0 Å². The van der Waals surface area contributed by atoms with Crippen molar-refractivity contribution in [3.8, 4) is 0 Å². The number of rotatable bonds is 2. The summed E-state index contributed by atoms with van der Waals surface area (Å²) in [5, 5.41) is 0. The van der Waals surface area contributed by atoms with Gasteiger partial charge in [0.15, 0.2) is 12.6 Å². The van der Waals surface area contributed by atoms with Gasteiger partial charge in [0.25, 0.3) is 0 Å². The maximum Gasteiger partial charge on any atom is 0.186 e. The summed E-state index contributed by atoms with van der Waals surface area (Å²) in [6.07, 6.45) is -0.759. The predicted molar refractivity (Wildman–Crippen MR) is 64.3 cm³/mol. The molecule has 6 atom stereocenters. The third-order valence-electron chi connectivity index (χ3n) is 3.83. The highest BCUT2D eigenvalue weighted by Crippen LogP contribution is 2.43. The van der Waals surface area contributed by atoms with E-state index in [2.05, 4.69) is 0 Å². The van der Waals surface area contributed by atoms with Gasteiger partial charge in [-0.25, -0.2) is 0 Å². The molecule has 19 heavy (non-hydrogen) atoms. The number of ether oxygens (including phenoxy) is 5. The number of benzene rings is 1. The molecule has 3 heterocycles. The zero-order valence-electron chi connectivity index (χ0n) is 10.6. The summed E-state index contributed by atoms with van der Waals surface area (Å²) in [5.41, 5.74) is 1.02. The van der Waals surface area contributed by atoms with Crippen molar-refractivity contribution in [2.45, 2.75) is 37.0 Å². The first-order chi connectivity index (χ1) is 9.36. The molecule has 3 aliphatic rings. The van der Waals surface area contributed by atoms with Crippen LogP contribution in [0.5, 0.6) is 0 Å². The van der Waals surface area contributed by atoms with Crippen molar-refractivity contribution < 1.29 is 23.7 Å². The lowest BCUT2D eigenvalue weighted by atomic mass is 10.0. The Bertz CT molecular complexity index is 450. The van der Waals surface area contributed by atoms with Crippen LogP contribution in [0.25, 0.3) is 0 Å². The molecule has 0 aromatic heterocycles. The van der Waals surface area contributed by atoms with Crippen LogP contribution in [0.4, 0.5) is 0 Å². The van der Waals surface area contributed by atoms with Crippen LogP contribution in [0, 0.1) is 0 Å². The van der Waals surface area contributed by atoms with Crippen LogP contribution in [-0.4, -0.2) is 44.4 Å². The summed E-state index contributed by atoms with van der Waals surface area (Å²) in [4.78, 5) is 0. The summed E-state index contributed by atoms with van der Waals surface area (Å²) in [5.74, 6) is 0. The molecule has 0 unspecified atom stereocenters. The lowest BCUT2D eigenvalue weighted by molar-refractivity contribution is -0.304. The Morgan fingerprint density at radius 1 is 1.00 bits per heavy atom. The number of methoxy groups -OCH3 is 1. The van der Waals surface area contributed by atoms with Gasteiger partial charge in [0, 0.05) is 12.7 Å². The molecular formula is C14H16O5. The molecule has 0 bridgehead atoms. The maximum absolute atomic E-state index is 6.00. The number of hydrogen-bond acceptors (Lipinski definition) is 5. The van der Waals surface area contributed by atoms with E-state index in [1.165, 1.54) is 0 Å². The van der Waals surface area contributed by atoms with Crippen LogP contribution in [-0.2, 0) is 23.7 Å². The van der Waals surface area contributed by atoms with Gasteiger partial charge in [-0.1, -0.05) is 30.3 Å². The van der Waals surface area contributed by atoms with Crippen molar-refractivity contribution in [3.63, 3.8) is 0 Å². The van der Waals surface area contributed by atoms with E-state index in [4.69, 9.17) is 23.7 Å². The maximum atomic E-state index is 6.00. The molecule has 4 rings (SSSR count). The van der Waals surface area contributed by atoms with Crippen LogP contribution in [0.1, 0.15) is 11.9 Å². The monoisotopic (exact) mass is 264 g/mol. The Kier molecular flexibility index (Phi) is 2.82. The fraction of sp³-hybridized carbons (Fsp3) is 0.571. The van der Waals surface area contributed by atoms with E-state index < -0.39 is 0 Å². The molecule has 0 amide bonds. The lowest BCUT2D eigenvalue weighted by Crippen LogP contribution is -2.52. The van der Waals surface area contributed by atoms with E-state index in [0.29, 0.717) is 6.61 Å². The van der Waals surface area contributed by atoms with Crippen LogP contribution in [0.15, 0.2) is 30.3 Å². The molecule has 1 aromatic rings. The normalized spacial score (nSPS) is 44.3. The fourth-order valence-electron chi connectivity index (χ4n) is 2.80. The van der Waals surface area contributed by atoms with Crippen molar-refractivity contribution in [2.75, 3.05) is 13.7 Å². The van der Waals surface area contributed by atoms with E-state index in [0.717, 1.165) is 5.56 Å². The summed E-state index contributed by atoms with van der Waals surface area (Å²) in [6, 6.07) is 9.92. The predicted octanol–water partition coefficient (Wildman–Crippen LogP) is 1.24. The second kappa shape index (κ2) is 4.54. The molecule has 1 aromatic carbocycles. The lowest BCUT2D eigenvalue weighted by Gasteiger charge is -2.39. The Labute approximate surface area is 111 Å². The third kappa shape index (κ3) is 1.98. The van der Waals surface area contributed by atoms with Gasteiger partial charge in [-0.3, -0.25) is 0 Å². The highest BCUT2D eigenvalue weighted by molar-refractivity contribution is 5.17. The van der Waals surface area contributed by atoms with E-state index >= 15 is 0 Å². The molecule has 0 saturated carbocycles. The largest absolute Gasteiger partial charge is 0.361 e. The first-order valence-electron chi connectivity index (χ1n) is 6.52. The molecule has 0 aliphatic carbocycles. The quantitative estimate of drug-likeness (QED) is 0.752. The first kappa shape index (κ1) is 11.8. The van der Waals surface area contributed by atoms with Crippen molar-refractivity contribution >= 4 is 0 Å². The van der Waals surface area contributed by atoms with Gasteiger partial charge in [-0.05, 0) is 0 Å². The van der Waals surface area contributed by atoms with Gasteiger partial charge >= 0.3 is 0 Å². The molecular weight excluding hydrogens is 248 g/mol. The van der Waals surface area contributed by atoms with Gasteiger partial charge in [0.05, 0.1) is 6.61 Å². The average molecular weight is 264 g/mol. The minimum Gasteiger partial charge on any atom is -0.361 e.